The summed E-state index contributed by atoms with van der Waals surface area (Å²) in [5, 5.41) is 2.73. The van der Waals surface area contributed by atoms with Gasteiger partial charge in [0.1, 0.15) is 4.32 Å². The normalized spacial score (nSPS) is 30.0. The van der Waals surface area contributed by atoms with Crippen LogP contribution in [-0.2, 0) is 19.2 Å². The molecule has 4 atom stereocenters. The second kappa shape index (κ2) is 9.49. The van der Waals surface area contributed by atoms with Crippen LogP contribution in [0.3, 0.4) is 0 Å². The van der Waals surface area contributed by atoms with E-state index in [2.05, 4.69) is 27.0 Å². The van der Waals surface area contributed by atoms with Crippen LogP contribution in [0.25, 0.3) is 11.1 Å². The van der Waals surface area contributed by atoms with E-state index >= 15 is 0 Å². The zero-order valence-electron chi connectivity index (χ0n) is 20.7. The van der Waals surface area contributed by atoms with Gasteiger partial charge in [-0.05, 0) is 36.1 Å². The van der Waals surface area contributed by atoms with Crippen LogP contribution in [0.4, 0.5) is 0 Å². The van der Waals surface area contributed by atoms with Gasteiger partial charge in [0.2, 0.25) is 17.7 Å². The van der Waals surface area contributed by atoms with Gasteiger partial charge >= 0.3 is 0 Å². The summed E-state index contributed by atoms with van der Waals surface area (Å²) in [6.07, 6.45) is -0.000825. The molecule has 2 aromatic carbocycles. The molecule has 2 aliphatic carbocycles. The van der Waals surface area contributed by atoms with E-state index in [1.165, 1.54) is 4.90 Å². The second-order valence-corrected chi connectivity index (χ2v) is 11.3. The van der Waals surface area contributed by atoms with E-state index < -0.39 is 32.9 Å². The Morgan fingerprint density at radius 1 is 0.973 bits per heavy atom. The monoisotopic (exact) mass is 585 g/mol. The number of nitrogens with zero attached hydrogens (tertiary/aromatic N) is 1. The minimum Gasteiger partial charge on any atom is -1.00 e. The van der Waals surface area contributed by atoms with Crippen molar-refractivity contribution < 1.29 is 37.3 Å². The fraction of sp³-hybridized carbons (Fsp3) is 0.357. The Morgan fingerprint density at radius 2 is 1.51 bits per heavy atom. The van der Waals surface area contributed by atoms with Crippen molar-refractivity contribution in [3.63, 3.8) is 0 Å². The molecule has 2 bridgehead atoms. The number of hydrogen-bond donors (Lipinski definition) is 2. The third kappa shape index (κ3) is 3.42. The fourth-order valence-corrected chi connectivity index (χ4v) is 7.85. The molecular formula is C28H29BrClN3O4. The number of fused-ring (bicyclic) bond motifs is 5. The molecule has 1 aliphatic heterocycles. The Morgan fingerprint density at radius 3 is 2.05 bits per heavy atom. The quantitative estimate of drug-likeness (QED) is 0.323. The molecule has 1 saturated carbocycles. The number of carbonyl (C=O) groups excluding carboxylic acids is 4. The molecule has 9 heteroatoms. The summed E-state index contributed by atoms with van der Waals surface area (Å²) < 4.78 is -1.43. The highest BCUT2D eigenvalue weighted by molar-refractivity contribution is 9.10. The molecule has 7 nitrogen and oxygen atoms in total. The van der Waals surface area contributed by atoms with Gasteiger partial charge in [-0.3, -0.25) is 24.1 Å². The molecular weight excluding hydrogens is 558 g/mol. The first-order valence-electron chi connectivity index (χ1n) is 12.2. The Bertz CT molecular complexity index is 1320. The van der Waals surface area contributed by atoms with E-state index in [1.54, 1.807) is 13.8 Å². The van der Waals surface area contributed by atoms with Gasteiger partial charge in [-0.2, -0.15) is 0 Å². The number of halogens is 2. The topological polar surface area (TPSA) is 111 Å². The fourth-order valence-electron chi connectivity index (χ4n) is 6.60. The summed E-state index contributed by atoms with van der Waals surface area (Å²) in [7, 11) is 0. The molecule has 37 heavy (non-hydrogen) atoms. The van der Waals surface area contributed by atoms with E-state index in [0.717, 1.165) is 22.3 Å². The van der Waals surface area contributed by atoms with Crippen molar-refractivity contribution in [2.45, 2.75) is 24.6 Å². The van der Waals surface area contributed by atoms with E-state index in [0.29, 0.717) is 13.1 Å². The predicted molar refractivity (Wildman–Crippen MR) is 138 cm³/mol. The van der Waals surface area contributed by atoms with E-state index in [9.17, 15) is 19.2 Å². The van der Waals surface area contributed by atoms with Crippen LogP contribution in [0.2, 0.25) is 0 Å². The molecule has 3 amide bonds. The molecule has 0 aromatic heterocycles. The van der Waals surface area contributed by atoms with Crippen LogP contribution in [0.15, 0.2) is 60.7 Å². The molecule has 2 aromatic rings. The number of imide groups is 1. The zero-order valence-corrected chi connectivity index (χ0v) is 23.1. The first-order valence-corrected chi connectivity index (χ1v) is 13.0. The number of likely N-dealkylation sites (tertiary alicyclic amines) is 1. The summed E-state index contributed by atoms with van der Waals surface area (Å²) in [5.41, 5.74) is 4.46. The Balaban J connectivity index is 0.00000320. The number of nitrogens with one attached hydrogen (secondary N) is 1. The average molecular weight is 587 g/mol. The molecule has 194 valence electrons. The van der Waals surface area contributed by atoms with Gasteiger partial charge in [-0.15, -0.1) is 0 Å². The molecule has 3 aliphatic rings. The summed E-state index contributed by atoms with van der Waals surface area (Å²) in [4.78, 5) is 55.6. The van der Waals surface area contributed by atoms with Gasteiger partial charge in [0.15, 0.2) is 5.78 Å². The third-order valence-corrected chi connectivity index (χ3v) is 9.74. The zero-order chi connectivity index (χ0) is 25.9. The average Bonchev–Trinajstić information content (AvgIpc) is 3.26. The first kappa shape index (κ1) is 27.2. The van der Waals surface area contributed by atoms with Crippen molar-refractivity contribution in [2.75, 3.05) is 19.6 Å². The number of amides is 3. The lowest BCUT2D eigenvalue weighted by atomic mass is 9.63. The summed E-state index contributed by atoms with van der Waals surface area (Å²) in [6.45, 7) is 4.54. The predicted octanol–water partition coefficient (Wildman–Crippen LogP) is -0.923. The maximum absolute atomic E-state index is 14.3. The van der Waals surface area contributed by atoms with Crippen molar-refractivity contribution >= 4 is 50.6 Å². The van der Waals surface area contributed by atoms with E-state index in [1.807, 2.05) is 60.7 Å². The number of ketones is 1. The van der Waals surface area contributed by atoms with Gasteiger partial charge < -0.3 is 23.5 Å². The summed E-state index contributed by atoms with van der Waals surface area (Å²) in [5.74, 6) is -2.17. The second-order valence-electron chi connectivity index (χ2n) is 10.0. The SMILES string of the molecule is CC12C(=O)C(C)(C(c3ccccc3)=C1c1ccccc1)C1(Br)C(=O)N(CCC(=O)NCC[NH3+])C(=O)C21.[Cl-]. The largest absolute Gasteiger partial charge is 1.00 e. The number of rotatable bonds is 7. The van der Waals surface area contributed by atoms with Crippen LogP contribution in [-0.4, -0.2) is 52.4 Å². The maximum atomic E-state index is 14.3. The molecule has 2 fully saturated rings. The Labute approximate surface area is 230 Å². The van der Waals surface area contributed by atoms with Crippen LogP contribution >= 0.6 is 15.9 Å². The molecule has 0 radical (unpaired) electrons. The number of carbonyl (C=O) groups is 4. The van der Waals surface area contributed by atoms with Crippen molar-refractivity contribution in [1.29, 1.82) is 0 Å². The van der Waals surface area contributed by atoms with E-state index in [4.69, 9.17) is 0 Å². The van der Waals surface area contributed by atoms with Crippen LogP contribution < -0.4 is 23.5 Å². The van der Waals surface area contributed by atoms with Gasteiger partial charge in [0.25, 0.3) is 0 Å². The van der Waals surface area contributed by atoms with Crippen molar-refractivity contribution in [2.24, 2.45) is 16.7 Å². The molecule has 1 heterocycles. The minimum atomic E-state index is -1.43. The highest BCUT2D eigenvalue weighted by Gasteiger charge is 2.85. The summed E-state index contributed by atoms with van der Waals surface area (Å²) >= 11 is 3.72. The molecule has 1 saturated heterocycles. The first-order chi connectivity index (χ1) is 17.1. The van der Waals surface area contributed by atoms with Gasteiger partial charge in [-0.25, -0.2) is 0 Å². The number of Topliss-reactive ketones (excluding diaryl/α,β-unsaturated/α-hetero) is 1. The van der Waals surface area contributed by atoms with Gasteiger partial charge in [-0.1, -0.05) is 76.6 Å². The lowest BCUT2D eigenvalue weighted by Gasteiger charge is -2.41. The van der Waals surface area contributed by atoms with Crippen molar-refractivity contribution in [3.8, 4) is 0 Å². The molecule has 4 unspecified atom stereocenters. The smallest absolute Gasteiger partial charge is 0.248 e. The van der Waals surface area contributed by atoms with Crippen LogP contribution in [0.1, 0.15) is 31.4 Å². The molecule has 0 spiro atoms. The van der Waals surface area contributed by atoms with Crippen molar-refractivity contribution in [1.82, 2.24) is 10.2 Å². The van der Waals surface area contributed by atoms with E-state index in [-0.39, 0.29) is 37.1 Å². The number of quaternary nitrogens is 1. The number of hydrogen-bond acceptors (Lipinski definition) is 4. The standard InChI is InChI=1S/C28H28BrN3O4.ClH/c1-26-20(17-9-5-3-6-10-17)21(18-11-7-4-8-12-18)27(2,24(26)35)28(29)22(26)23(34)32(25(28)36)16-13-19(33)31-15-14-30;/h3-12,22H,13-16,30H2,1-2H3,(H,31,33);1H. The Kier molecular flexibility index (Phi) is 6.99. The summed E-state index contributed by atoms with van der Waals surface area (Å²) in [6, 6.07) is 19.2. The Hall–Kier alpha value is -2.81. The lowest BCUT2D eigenvalue weighted by molar-refractivity contribution is -0.364. The number of benzene rings is 2. The highest BCUT2D eigenvalue weighted by atomic mass is 79.9. The van der Waals surface area contributed by atoms with Crippen LogP contribution in [0.5, 0.6) is 0 Å². The van der Waals surface area contributed by atoms with Gasteiger partial charge in [0, 0.05) is 13.0 Å². The van der Waals surface area contributed by atoms with Crippen molar-refractivity contribution in [3.05, 3.63) is 71.8 Å². The van der Waals surface area contributed by atoms with Crippen LogP contribution in [0, 0.1) is 16.7 Å². The number of allylic oxidation sites excluding steroid dienone is 2. The molecule has 4 N–H and O–H groups in total. The number of alkyl halides is 1. The third-order valence-electron chi connectivity index (χ3n) is 8.15. The minimum absolute atomic E-state index is 0. The maximum Gasteiger partial charge on any atom is 0.248 e. The molecule has 5 rings (SSSR count). The highest BCUT2D eigenvalue weighted by Crippen LogP contribution is 2.77. The lowest BCUT2D eigenvalue weighted by Crippen LogP contribution is -3.00. The van der Waals surface area contributed by atoms with Gasteiger partial charge in [0.05, 0.1) is 29.8 Å².